The summed E-state index contributed by atoms with van der Waals surface area (Å²) in [6, 6.07) is 1.99. The molecule has 8 heteroatoms. The third kappa shape index (κ3) is 4.24. The lowest BCUT2D eigenvalue weighted by molar-refractivity contribution is 0.311. The molecule has 136 valence electrons. The summed E-state index contributed by atoms with van der Waals surface area (Å²) in [6.45, 7) is 8.31. The van der Waals surface area contributed by atoms with E-state index in [0.29, 0.717) is 0 Å². The van der Waals surface area contributed by atoms with Crippen molar-refractivity contribution in [1.82, 2.24) is 25.1 Å². The van der Waals surface area contributed by atoms with E-state index in [0.717, 1.165) is 67.3 Å². The number of hydrogen-bond acceptors (Lipinski definition) is 7. The SMILES string of the molecule is CCCc1c(Nc2cc(C)[nH]n2)nc(SC)nc1N1CCN(C)CC1. The predicted octanol–water partition coefficient (Wildman–Crippen LogP) is 2.68. The Hall–Kier alpha value is -1.80. The maximum absolute atomic E-state index is 4.86. The summed E-state index contributed by atoms with van der Waals surface area (Å²) in [5.41, 5.74) is 2.21. The number of aromatic amines is 1. The first kappa shape index (κ1) is 18.0. The van der Waals surface area contributed by atoms with Crippen molar-refractivity contribution in [3.05, 3.63) is 17.3 Å². The molecule has 3 rings (SSSR count). The topological polar surface area (TPSA) is 73.0 Å². The average Bonchev–Trinajstić information content (AvgIpc) is 3.02. The Kier molecular flexibility index (Phi) is 5.80. The molecule has 0 atom stereocenters. The van der Waals surface area contributed by atoms with Gasteiger partial charge in [-0.15, -0.1) is 0 Å². The number of nitrogens with one attached hydrogen (secondary N) is 2. The highest BCUT2D eigenvalue weighted by Gasteiger charge is 2.22. The van der Waals surface area contributed by atoms with Crippen molar-refractivity contribution < 1.29 is 0 Å². The van der Waals surface area contributed by atoms with E-state index in [4.69, 9.17) is 9.97 Å². The third-order valence-electron chi connectivity index (χ3n) is 4.40. The van der Waals surface area contributed by atoms with Crippen molar-refractivity contribution in [3.8, 4) is 0 Å². The van der Waals surface area contributed by atoms with Gasteiger partial charge in [0.2, 0.25) is 0 Å². The van der Waals surface area contributed by atoms with E-state index in [1.54, 1.807) is 11.8 Å². The van der Waals surface area contributed by atoms with Gasteiger partial charge in [0.15, 0.2) is 11.0 Å². The molecule has 2 aromatic rings. The van der Waals surface area contributed by atoms with Crippen LogP contribution >= 0.6 is 11.8 Å². The highest BCUT2D eigenvalue weighted by atomic mass is 32.2. The molecule has 2 N–H and O–H groups in total. The van der Waals surface area contributed by atoms with Crippen LogP contribution in [0.5, 0.6) is 0 Å². The summed E-state index contributed by atoms with van der Waals surface area (Å²) in [4.78, 5) is 14.3. The Morgan fingerprint density at radius 1 is 1.24 bits per heavy atom. The second kappa shape index (κ2) is 8.05. The van der Waals surface area contributed by atoms with E-state index in [1.807, 2.05) is 19.2 Å². The predicted molar refractivity (Wildman–Crippen MR) is 104 cm³/mol. The molecule has 0 aliphatic carbocycles. The largest absolute Gasteiger partial charge is 0.354 e. The molecule has 1 fully saturated rings. The average molecular weight is 362 g/mol. The van der Waals surface area contributed by atoms with E-state index in [2.05, 4.69) is 39.3 Å². The van der Waals surface area contributed by atoms with Gasteiger partial charge in [0, 0.05) is 43.5 Å². The first-order valence-corrected chi connectivity index (χ1v) is 10.0. The minimum atomic E-state index is 0.795. The van der Waals surface area contributed by atoms with Gasteiger partial charge < -0.3 is 15.1 Å². The molecule has 0 radical (unpaired) electrons. The first-order chi connectivity index (χ1) is 12.1. The van der Waals surface area contributed by atoms with E-state index < -0.39 is 0 Å². The number of likely N-dealkylation sites (N-methyl/N-ethyl adjacent to an activating group) is 1. The van der Waals surface area contributed by atoms with Gasteiger partial charge in [0.25, 0.3) is 0 Å². The normalized spacial score (nSPS) is 15.6. The van der Waals surface area contributed by atoms with Crippen molar-refractivity contribution in [1.29, 1.82) is 0 Å². The highest BCUT2D eigenvalue weighted by molar-refractivity contribution is 7.98. The van der Waals surface area contributed by atoms with Gasteiger partial charge in [-0.25, -0.2) is 9.97 Å². The lowest BCUT2D eigenvalue weighted by Gasteiger charge is -2.34. The summed E-state index contributed by atoms with van der Waals surface area (Å²) >= 11 is 1.58. The molecular formula is C17H27N7S. The quantitative estimate of drug-likeness (QED) is 0.605. The molecule has 0 saturated carbocycles. The standard InChI is InChI=1S/C17H27N7S/c1-5-6-13-15(18-14-11-12(2)21-22-14)19-17(25-4)20-16(13)24-9-7-23(3)8-10-24/h11H,5-10H2,1-4H3,(H2,18,19,20,21,22). The van der Waals surface area contributed by atoms with Gasteiger partial charge in [-0.2, -0.15) is 5.10 Å². The summed E-state index contributed by atoms with van der Waals surface area (Å²) in [7, 11) is 2.17. The number of anilines is 3. The van der Waals surface area contributed by atoms with E-state index in [-0.39, 0.29) is 0 Å². The van der Waals surface area contributed by atoms with Crippen LogP contribution in [-0.2, 0) is 6.42 Å². The zero-order valence-electron chi connectivity index (χ0n) is 15.5. The van der Waals surface area contributed by atoms with Gasteiger partial charge in [-0.3, -0.25) is 5.10 Å². The number of aryl methyl sites for hydroxylation is 1. The van der Waals surface area contributed by atoms with E-state index in [9.17, 15) is 0 Å². The number of rotatable bonds is 6. The van der Waals surface area contributed by atoms with Crippen molar-refractivity contribution in [2.75, 3.05) is 49.7 Å². The van der Waals surface area contributed by atoms with Gasteiger partial charge in [-0.1, -0.05) is 25.1 Å². The summed E-state index contributed by atoms with van der Waals surface area (Å²) in [5.74, 6) is 2.75. The molecule has 1 saturated heterocycles. The summed E-state index contributed by atoms with van der Waals surface area (Å²) < 4.78 is 0. The molecule has 0 unspecified atom stereocenters. The van der Waals surface area contributed by atoms with Crippen LogP contribution in [0, 0.1) is 6.92 Å². The fourth-order valence-corrected chi connectivity index (χ4v) is 3.37. The van der Waals surface area contributed by atoms with Crippen molar-refractivity contribution in [3.63, 3.8) is 0 Å². The molecule has 0 aromatic carbocycles. The number of piperazine rings is 1. The molecule has 7 nitrogen and oxygen atoms in total. The smallest absolute Gasteiger partial charge is 0.191 e. The minimum absolute atomic E-state index is 0.795. The van der Waals surface area contributed by atoms with Crippen LogP contribution in [-0.4, -0.2) is 64.5 Å². The highest BCUT2D eigenvalue weighted by Crippen LogP contribution is 2.30. The minimum Gasteiger partial charge on any atom is -0.354 e. The molecule has 1 aliphatic rings. The first-order valence-electron chi connectivity index (χ1n) is 8.78. The second-order valence-corrected chi connectivity index (χ2v) is 7.24. The fraction of sp³-hybridized carbons (Fsp3) is 0.588. The molecular weight excluding hydrogens is 334 g/mol. The Labute approximate surface area is 153 Å². The molecule has 0 spiro atoms. The maximum Gasteiger partial charge on any atom is 0.191 e. The van der Waals surface area contributed by atoms with Crippen LogP contribution in [0.25, 0.3) is 0 Å². The zero-order chi connectivity index (χ0) is 17.8. The Balaban J connectivity index is 1.98. The number of thioether (sulfide) groups is 1. The Morgan fingerprint density at radius 2 is 2.00 bits per heavy atom. The number of nitrogens with zero attached hydrogens (tertiary/aromatic N) is 5. The van der Waals surface area contributed by atoms with Crippen molar-refractivity contribution in [2.45, 2.75) is 31.8 Å². The Morgan fingerprint density at radius 3 is 2.60 bits per heavy atom. The molecule has 0 amide bonds. The number of hydrogen-bond donors (Lipinski definition) is 2. The van der Waals surface area contributed by atoms with Crippen molar-refractivity contribution >= 4 is 29.2 Å². The monoisotopic (exact) mass is 361 g/mol. The van der Waals surface area contributed by atoms with Crippen LogP contribution < -0.4 is 10.2 Å². The van der Waals surface area contributed by atoms with Crippen LogP contribution in [0.1, 0.15) is 24.6 Å². The van der Waals surface area contributed by atoms with Crippen LogP contribution in [0.15, 0.2) is 11.2 Å². The van der Waals surface area contributed by atoms with Crippen LogP contribution in [0.4, 0.5) is 17.5 Å². The molecule has 25 heavy (non-hydrogen) atoms. The maximum atomic E-state index is 4.86. The second-order valence-electron chi connectivity index (χ2n) is 6.46. The molecule has 1 aliphatic heterocycles. The lowest BCUT2D eigenvalue weighted by atomic mass is 10.1. The van der Waals surface area contributed by atoms with Gasteiger partial charge in [-0.05, 0) is 26.6 Å². The van der Waals surface area contributed by atoms with Gasteiger partial charge in [0.1, 0.15) is 11.6 Å². The number of aromatic nitrogens is 4. The fourth-order valence-electron chi connectivity index (χ4n) is 3.01. The Bertz CT molecular complexity index is 707. The summed E-state index contributed by atoms with van der Waals surface area (Å²) in [6.07, 6.45) is 4.02. The van der Waals surface area contributed by atoms with Crippen LogP contribution in [0.3, 0.4) is 0 Å². The molecule has 0 bridgehead atoms. The van der Waals surface area contributed by atoms with Crippen LogP contribution in [0.2, 0.25) is 0 Å². The molecule has 2 aromatic heterocycles. The summed E-state index contributed by atoms with van der Waals surface area (Å²) in [5, 5.41) is 11.5. The van der Waals surface area contributed by atoms with Gasteiger partial charge in [0.05, 0.1) is 0 Å². The van der Waals surface area contributed by atoms with E-state index in [1.165, 1.54) is 5.56 Å². The zero-order valence-corrected chi connectivity index (χ0v) is 16.3. The third-order valence-corrected chi connectivity index (χ3v) is 4.95. The number of H-pyrrole nitrogens is 1. The van der Waals surface area contributed by atoms with E-state index >= 15 is 0 Å². The van der Waals surface area contributed by atoms with Crippen molar-refractivity contribution in [2.24, 2.45) is 0 Å². The lowest BCUT2D eigenvalue weighted by Crippen LogP contribution is -2.45. The molecule has 3 heterocycles. The van der Waals surface area contributed by atoms with Gasteiger partial charge >= 0.3 is 0 Å².